The lowest BCUT2D eigenvalue weighted by Gasteiger charge is -2.40. The van der Waals surface area contributed by atoms with Gasteiger partial charge in [-0.05, 0) is 49.1 Å². The Kier molecular flexibility index (Phi) is 6.10. The minimum atomic E-state index is -1.23. The number of rotatable bonds is 5. The number of nitrogens with zero attached hydrogens (tertiary/aromatic N) is 4. The lowest BCUT2D eigenvalue weighted by molar-refractivity contribution is 0.0534. The molecule has 1 aliphatic rings. The van der Waals surface area contributed by atoms with Crippen LogP contribution in [-0.4, -0.2) is 44.9 Å². The molecule has 2 atom stereocenters. The second-order valence-electron chi connectivity index (χ2n) is 8.55. The van der Waals surface area contributed by atoms with E-state index in [9.17, 15) is 13.6 Å². The molecule has 180 valence electrons. The van der Waals surface area contributed by atoms with Crippen LogP contribution in [0.25, 0.3) is 22.5 Å². The fourth-order valence-electron chi connectivity index (χ4n) is 4.51. The highest BCUT2D eigenvalue weighted by atomic mass is 19.2. The number of anilines is 1. The van der Waals surface area contributed by atoms with E-state index in [0.717, 1.165) is 18.9 Å². The quantitative estimate of drug-likeness (QED) is 0.429. The van der Waals surface area contributed by atoms with Crippen molar-refractivity contribution in [1.29, 1.82) is 0 Å². The summed E-state index contributed by atoms with van der Waals surface area (Å²) in [6.07, 6.45) is 4.52. The van der Waals surface area contributed by atoms with Gasteiger partial charge in [0.05, 0.1) is 11.6 Å². The SMILES string of the molecule is CC1CCCN(C(=O)c2c(-c3ncccn3)ccc(F)c2F)C1CNc1nc2ccc(F)cc2o1. The minimum Gasteiger partial charge on any atom is -0.423 e. The van der Waals surface area contributed by atoms with Gasteiger partial charge in [-0.3, -0.25) is 4.79 Å². The summed E-state index contributed by atoms with van der Waals surface area (Å²) < 4.78 is 48.3. The summed E-state index contributed by atoms with van der Waals surface area (Å²) in [7, 11) is 0. The van der Waals surface area contributed by atoms with Crippen LogP contribution >= 0.6 is 0 Å². The highest BCUT2D eigenvalue weighted by molar-refractivity contribution is 6.00. The number of fused-ring (bicyclic) bond motifs is 1. The molecule has 0 aliphatic carbocycles. The lowest BCUT2D eigenvalue weighted by Crippen LogP contribution is -2.51. The van der Waals surface area contributed by atoms with Gasteiger partial charge in [0.15, 0.2) is 23.0 Å². The molecular weight excluding hydrogens is 459 g/mol. The van der Waals surface area contributed by atoms with E-state index >= 15 is 4.39 Å². The van der Waals surface area contributed by atoms with E-state index in [4.69, 9.17) is 4.42 Å². The number of piperidine rings is 1. The minimum absolute atomic E-state index is 0.0649. The summed E-state index contributed by atoms with van der Waals surface area (Å²) in [4.78, 5) is 27.7. The number of carbonyl (C=O) groups is 1. The lowest BCUT2D eigenvalue weighted by atomic mass is 9.89. The molecule has 2 aromatic heterocycles. The Bertz CT molecular complexity index is 1380. The number of halogens is 3. The predicted molar refractivity (Wildman–Crippen MR) is 123 cm³/mol. The van der Waals surface area contributed by atoms with Crippen LogP contribution in [0.3, 0.4) is 0 Å². The second kappa shape index (κ2) is 9.36. The zero-order valence-electron chi connectivity index (χ0n) is 18.8. The Morgan fingerprint density at radius 2 is 1.97 bits per heavy atom. The van der Waals surface area contributed by atoms with Gasteiger partial charge in [-0.2, -0.15) is 4.98 Å². The van der Waals surface area contributed by atoms with Gasteiger partial charge in [0, 0.05) is 37.1 Å². The Labute approximate surface area is 199 Å². The van der Waals surface area contributed by atoms with Crippen LogP contribution in [0.4, 0.5) is 19.2 Å². The second-order valence-corrected chi connectivity index (χ2v) is 8.55. The molecule has 1 fully saturated rings. The van der Waals surface area contributed by atoms with Crippen molar-refractivity contribution < 1.29 is 22.4 Å². The fourth-order valence-corrected chi connectivity index (χ4v) is 4.51. The van der Waals surface area contributed by atoms with Crippen molar-refractivity contribution in [3.05, 3.63) is 71.8 Å². The van der Waals surface area contributed by atoms with Crippen LogP contribution < -0.4 is 5.32 Å². The van der Waals surface area contributed by atoms with Gasteiger partial charge in [-0.15, -0.1) is 0 Å². The summed E-state index contributed by atoms with van der Waals surface area (Å²) >= 11 is 0. The molecule has 2 aromatic carbocycles. The predicted octanol–water partition coefficient (Wildman–Crippen LogP) is 5.05. The molecule has 1 saturated heterocycles. The van der Waals surface area contributed by atoms with Gasteiger partial charge >= 0.3 is 0 Å². The largest absolute Gasteiger partial charge is 0.423 e. The maximum atomic E-state index is 15.0. The summed E-state index contributed by atoms with van der Waals surface area (Å²) in [5.74, 6) is -3.23. The molecule has 4 aromatic rings. The molecule has 0 bridgehead atoms. The summed E-state index contributed by atoms with van der Waals surface area (Å²) in [6, 6.07) is 7.76. The average Bonchev–Trinajstić information content (AvgIpc) is 3.26. The Hall–Kier alpha value is -3.95. The maximum absolute atomic E-state index is 15.0. The number of hydrogen-bond acceptors (Lipinski definition) is 6. The van der Waals surface area contributed by atoms with E-state index in [1.54, 1.807) is 11.0 Å². The maximum Gasteiger partial charge on any atom is 0.295 e. The zero-order valence-corrected chi connectivity index (χ0v) is 18.8. The van der Waals surface area contributed by atoms with Gasteiger partial charge in [-0.1, -0.05) is 6.92 Å². The van der Waals surface area contributed by atoms with E-state index in [1.807, 2.05) is 6.92 Å². The molecule has 0 radical (unpaired) electrons. The van der Waals surface area contributed by atoms with E-state index in [2.05, 4.69) is 20.3 Å². The highest BCUT2D eigenvalue weighted by Gasteiger charge is 2.35. The van der Waals surface area contributed by atoms with Gasteiger partial charge < -0.3 is 14.6 Å². The first kappa shape index (κ1) is 22.8. The number of amides is 1. The molecule has 1 aliphatic heterocycles. The van der Waals surface area contributed by atoms with E-state index < -0.39 is 28.9 Å². The van der Waals surface area contributed by atoms with Crippen molar-refractivity contribution in [2.75, 3.05) is 18.4 Å². The Balaban J connectivity index is 1.45. The van der Waals surface area contributed by atoms with Crippen LogP contribution in [0, 0.1) is 23.4 Å². The van der Waals surface area contributed by atoms with Crippen LogP contribution in [0.5, 0.6) is 0 Å². The van der Waals surface area contributed by atoms with Gasteiger partial charge in [0.2, 0.25) is 0 Å². The van der Waals surface area contributed by atoms with Crippen LogP contribution in [0.15, 0.2) is 53.2 Å². The van der Waals surface area contributed by atoms with Crippen LogP contribution in [0.1, 0.15) is 30.1 Å². The van der Waals surface area contributed by atoms with Crippen molar-refractivity contribution >= 4 is 23.0 Å². The first-order valence-electron chi connectivity index (χ1n) is 11.3. The molecule has 0 spiro atoms. The van der Waals surface area contributed by atoms with E-state index in [0.29, 0.717) is 17.6 Å². The third-order valence-electron chi connectivity index (χ3n) is 6.30. The van der Waals surface area contributed by atoms with Crippen LogP contribution in [0.2, 0.25) is 0 Å². The highest BCUT2D eigenvalue weighted by Crippen LogP contribution is 2.31. The van der Waals surface area contributed by atoms with Gasteiger partial charge in [-0.25, -0.2) is 23.1 Å². The van der Waals surface area contributed by atoms with Crippen molar-refractivity contribution in [1.82, 2.24) is 19.9 Å². The number of likely N-dealkylation sites (tertiary alicyclic amines) is 1. The fraction of sp³-hybridized carbons (Fsp3) is 0.280. The van der Waals surface area contributed by atoms with Crippen molar-refractivity contribution in [2.45, 2.75) is 25.8 Å². The van der Waals surface area contributed by atoms with Crippen LogP contribution in [-0.2, 0) is 0 Å². The summed E-state index contributed by atoms with van der Waals surface area (Å²) in [5.41, 5.74) is 0.521. The average molecular weight is 481 g/mol. The summed E-state index contributed by atoms with van der Waals surface area (Å²) in [6.45, 7) is 2.63. The topological polar surface area (TPSA) is 84.2 Å². The molecule has 2 unspecified atom stereocenters. The third kappa shape index (κ3) is 4.43. The third-order valence-corrected chi connectivity index (χ3v) is 6.30. The first-order valence-corrected chi connectivity index (χ1v) is 11.3. The molecule has 10 heteroatoms. The standard InChI is InChI=1S/C25H22F3N5O2/c1-14-4-2-11-33(19(14)13-31-25-32-18-8-5-15(26)12-20(18)35-25)24(34)21-16(6-7-17(27)22(21)28)23-29-9-3-10-30-23/h3,5-10,12,14,19H,2,4,11,13H2,1H3,(H,31,32). The van der Waals surface area contributed by atoms with Gasteiger partial charge in [0.25, 0.3) is 11.9 Å². The molecule has 7 nitrogen and oxygen atoms in total. The Morgan fingerprint density at radius 1 is 1.17 bits per heavy atom. The molecule has 5 rings (SSSR count). The molecule has 3 heterocycles. The molecular formula is C25H22F3N5O2. The monoisotopic (exact) mass is 481 g/mol. The molecule has 1 amide bonds. The first-order chi connectivity index (χ1) is 16.9. The number of carbonyl (C=O) groups excluding carboxylic acids is 1. The molecule has 1 N–H and O–H groups in total. The molecule has 35 heavy (non-hydrogen) atoms. The Morgan fingerprint density at radius 3 is 2.77 bits per heavy atom. The number of oxazole rings is 1. The van der Waals surface area contributed by atoms with E-state index in [-0.39, 0.29) is 35.9 Å². The number of hydrogen-bond donors (Lipinski definition) is 1. The number of nitrogens with one attached hydrogen (secondary N) is 1. The smallest absolute Gasteiger partial charge is 0.295 e. The van der Waals surface area contributed by atoms with Crippen molar-refractivity contribution in [3.8, 4) is 11.4 Å². The number of aromatic nitrogens is 3. The van der Waals surface area contributed by atoms with Gasteiger partial charge in [0.1, 0.15) is 11.3 Å². The van der Waals surface area contributed by atoms with Crippen molar-refractivity contribution in [3.63, 3.8) is 0 Å². The van der Waals surface area contributed by atoms with Crippen molar-refractivity contribution in [2.24, 2.45) is 5.92 Å². The molecule has 0 saturated carbocycles. The number of benzene rings is 2. The zero-order chi connectivity index (χ0) is 24.5. The normalized spacial score (nSPS) is 18.1. The van der Waals surface area contributed by atoms with E-state index in [1.165, 1.54) is 36.7 Å². The summed E-state index contributed by atoms with van der Waals surface area (Å²) in [5, 5.41) is 3.08.